The van der Waals surface area contributed by atoms with Crippen LogP contribution in [0.1, 0.15) is 32.6 Å². The second-order valence-electron chi connectivity index (χ2n) is 9.36. The number of unbranched alkanes of at least 4 members (excludes halogenated alkanes) is 3. The van der Waals surface area contributed by atoms with Crippen molar-refractivity contribution in [1.82, 2.24) is 0 Å². The summed E-state index contributed by atoms with van der Waals surface area (Å²) in [4.78, 5) is 12.3. The van der Waals surface area contributed by atoms with Gasteiger partial charge < -0.3 is 29.3 Å². The van der Waals surface area contributed by atoms with Crippen molar-refractivity contribution in [3.05, 3.63) is 64.7 Å². The fourth-order valence-corrected chi connectivity index (χ4v) is 4.10. The fraction of sp³-hybridized carbons (Fsp3) is 0.400. The second-order valence-corrected chi connectivity index (χ2v) is 9.36. The largest absolute Gasteiger partial charge is 0.494 e. The van der Waals surface area contributed by atoms with Gasteiger partial charge in [-0.05, 0) is 30.7 Å². The van der Waals surface area contributed by atoms with Gasteiger partial charge in [0.1, 0.15) is 34.3 Å². The molecule has 0 unspecified atom stereocenters. The number of azo groups is 2. The number of benzene rings is 3. The number of aliphatic hydroxyl groups excluding tert-OH is 2. The molecule has 230 valence electrons. The lowest BCUT2D eigenvalue weighted by molar-refractivity contribution is -0.384. The predicted molar refractivity (Wildman–Crippen MR) is 163 cm³/mol. The third kappa shape index (κ3) is 9.72. The Morgan fingerprint density at radius 1 is 0.767 bits per heavy atom. The summed E-state index contributed by atoms with van der Waals surface area (Å²) in [6, 6.07) is 14.4. The minimum atomic E-state index is -0.484. The van der Waals surface area contributed by atoms with E-state index >= 15 is 0 Å². The van der Waals surface area contributed by atoms with Crippen molar-refractivity contribution < 1.29 is 29.3 Å². The molecule has 3 aromatic rings. The number of anilines is 1. The summed E-state index contributed by atoms with van der Waals surface area (Å²) in [5.74, 6) is 1.27. The fourth-order valence-electron chi connectivity index (χ4n) is 4.10. The van der Waals surface area contributed by atoms with Gasteiger partial charge in [-0.25, -0.2) is 0 Å². The van der Waals surface area contributed by atoms with Crippen molar-refractivity contribution in [2.45, 2.75) is 32.6 Å². The Kier molecular flexibility index (Phi) is 13.3. The van der Waals surface area contributed by atoms with E-state index in [0.717, 1.165) is 31.4 Å². The zero-order chi connectivity index (χ0) is 31.0. The Hall–Kier alpha value is -4.62. The summed E-state index contributed by atoms with van der Waals surface area (Å²) < 4.78 is 17.1. The number of nitro benzene ring substituents is 1. The number of nitrogens with zero attached hydrogens (tertiary/aromatic N) is 6. The van der Waals surface area contributed by atoms with Gasteiger partial charge in [0, 0.05) is 49.1 Å². The Balaban J connectivity index is 1.90. The van der Waals surface area contributed by atoms with Crippen LogP contribution in [0, 0.1) is 10.1 Å². The van der Waals surface area contributed by atoms with E-state index in [1.165, 1.54) is 38.5 Å². The van der Waals surface area contributed by atoms with Crippen LogP contribution in [-0.2, 0) is 0 Å². The van der Waals surface area contributed by atoms with Crippen molar-refractivity contribution in [2.24, 2.45) is 20.5 Å². The maximum Gasteiger partial charge on any atom is 0.269 e. The van der Waals surface area contributed by atoms with Gasteiger partial charge in [-0.15, -0.1) is 15.3 Å². The Morgan fingerprint density at radius 2 is 1.37 bits per heavy atom. The number of aliphatic hydroxyl groups is 2. The van der Waals surface area contributed by atoms with Crippen LogP contribution in [0.4, 0.5) is 34.1 Å². The molecule has 0 aromatic heterocycles. The maximum absolute atomic E-state index is 10.9. The molecule has 0 fully saturated rings. The zero-order valence-corrected chi connectivity index (χ0v) is 24.7. The summed E-state index contributed by atoms with van der Waals surface area (Å²) in [5.41, 5.74) is 2.42. The molecule has 3 rings (SSSR count). The van der Waals surface area contributed by atoms with Crippen LogP contribution in [0.25, 0.3) is 0 Å². The van der Waals surface area contributed by atoms with Crippen molar-refractivity contribution in [3.8, 4) is 17.2 Å². The summed E-state index contributed by atoms with van der Waals surface area (Å²) in [5, 5.41) is 47.1. The van der Waals surface area contributed by atoms with E-state index in [4.69, 9.17) is 14.2 Å². The van der Waals surface area contributed by atoms with Gasteiger partial charge in [0.2, 0.25) is 0 Å². The standard InChI is InChI=1S/C30H38N6O7/c1-4-5-6-7-18-43-30-19-24(35(14-16-37)15-17-38)12-13-25(30)32-34-27-21-28(41-2)26(20-29(27)42-3)33-31-22-8-10-23(11-9-22)36(39)40/h8-13,19-21,37-38H,4-7,14-18H2,1-3H3. The van der Waals surface area contributed by atoms with Gasteiger partial charge in [0.15, 0.2) is 0 Å². The van der Waals surface area contributed by atoms with E-state index in [1.807, 2.05) is 17.0 Å². The van der Waals surface area contributed by atoms with Gasteiger partial charge in [-0.2, -0.15) is 5.11 Å². The number of nitro groups is 1. The smallest absolute Gasteiger partial charge is 0.269 e. The van der Waals surface area contributed by atoms with Gasteiger partial charge in [0.05, 0.1) is 44.7 Å². The summed E-state index contributed by atoms with van der Waals surface area (Å²) >= 11 is 0. The van der Waals surface area contributed by atoms with Gasteiger partial charge in [0.25, 0.3) is 5.69 Å². The van der Waals surface area contributed by atoms with Crippen LogP contribution in [0.5, 0.6) is 17.2 Å². The molecule has 13 heteroatoms. The van der Waals surface area contributed by atoms with Crippen LogP contribution in [-0.4, -0.2) is 62.3 Å². The molecule has 0 amide bonds. The molecule has 0 bridgehead atoms. The molecule has 2 N–H and O–H groups in total. The molecule has 0 radical (unpaired) electrons. The molecular weight excluding hydrogens is 556 g/mol. The number of ether oxygens (including phenoxy) is 3. The first kappa shape index (κ1) is 32.9. The van der Waals surface area contributed by atoms with Gasteiger partial charge >= 0.3 is 0 Å². The molecule has 0 aliphatic heterocycles. The quantitative estimate of drug-likeness (QED) is 0.0676. The number of hydrogen-bond acceptors (Lipinski definition) is 12. The topological polar surface area (TPSA) is 164 Å². The molecule has 3 aromatic carbocycles. The van der Waals surface area contributed by atoms with E-state index in [2.05, 4.69) is 27.4 Å². The Bertz CT molecular complexity index is 1380. The highest BCUT2D eigenvalue weighted by Gasteiger charge is 2.14. The molecule has 0 aliphatic carbocycles. The number of hydrogen-bond donors (Lipinski definition) is 2. The molecule has 0 saturated heterocycles. The average Bonchev–Trinajstić information content (AvgIpc) is 3.02. The lowest BCUT2D eigenvalue weighted by atomic mass is 10.2. The van der Waals surface area contributed by atoms with Crippen LogP contribution in [0.3, 0.4) is 0 Å². The third-order valence-electron chi connectivity index (χ3n) is 6.38. The van der Waals surface area contributed by atoms with Crippen LogP contribution in [0.15, 0.2) is 75.1 Å². The highest BCUT2D eigenvalue weighted by Crippen LogP contribution is 2.42. The average molecular weight is 595 g/mol. The lowest BCUT2D eigenvalue weighted by Gasteiger charge is -2.23. The minimum absolute atomic E-state index is 0.0414. The first-order valence-corrected chi connectivity index (χ1v) is 14.0. The number of methoxy groups -OCH3 is 2. The minimum Gasteiger partial charge on any atom is -0.494 e. The highest BCUT2D eigenvalue weighted by atomic mass is 16.6. The van der Waals surface area contributed by atoms with E-state index in [9.17, 15) is 20.3 Å². The van der Waals surface area contributed by atoms with E-state index in [0.29, 0.717) is 59.7 Å². The Morgan fingerprint density at radius 3 is 1.93 bits per heavy atom. The number of non-ortho nitro benzene ring substituents is 1. The SMILES string of the molecule is CCCCCCOc1cc(N(CCO)CCO)ccc1N=Nc1cc(OC)c(N=Nc2ccc([N+](=O)[O-])cc2)cc1OC. The normalized spacial score (nSPS) is 11.3. The molecular formula is C30H38N6O7. The maximum atomic E-state index is 10.9. The monoisotopic (exact) mass is 594 g/mol. The second kappa shape index (κ2) is 17.4. The highest BCUT2D eigenvalue weighted by molar-refractivity contribution is 5.67. The Labute approximate surface area is 250 Å². The summed E-state index contributed by atoms with van der Waals surface area (Å²) in [7, 11) is 2.98. The van der Waals surface area contributed by atoms with Gasteiger partial charge in [-0.3, -0.25) is 10.1 Å². The first-order valence-electron chi connectivity index (χ1n) is 14.0. The van der Waals surface area contributed by atoms with E-state index in [1.54, 1.807) is 18.2 Å². The molecule has 0 heterocycles. The van der Waals surface area contributed by atoms with Crippen LogP contribution < -0.4 is 19.1 Å². The van der Waals surface area contributed by atoms with Crippen LogP contribution in [0.2, 0.25) is 0 Å². The number of rotatable bonds is 18. The lowest BCUT2D eigenvalue weighted by Crippen LogP contribution is -2.29. The molecule has 13 nitrogen and oxygen atoms in total. The van der Waals surface area contributed by atoms with Gasteiger partial charge in [-0.1, -0.05) is 26.2 Å². The predicted octanol–water partition coefficient (Wildman–Crippen LogP) is 7.19. The molecule has 0 saturated carbocycles. The summed E-state index contributed by atoms with van der Waals surface area (Å²) in [6.45, 7) is 3.28. The van der Waals surface area contributed by atoms with Crippen molar-refractivity contribution in [1.29, 1.82) is 0 Å². The molecule has 0 aliphatic rings. The molecule has 0 atom stereocenters. The molecule has 43 heavy (non-hydrogen) atoms. The van der Waals surface area contributed by atoms with Crippen LogP contribution >= 0.6 is 0 Å². The van der Waals surface area contributed by atoms with Crippen molar-refractivity contribution >= 4 is 34.1 Å². The third-order valence-corrected chi connectivity index (χ3v) is 6.38. The summed E-state index contributed by atoms with van der Waals surface area (Å²) in [6.07, 6.45) is 4.20. The van der Waals surface area contributed by atoms with Crippen molar-refractivity contribution in [2.75, 3.05) is 52.0 Å². The zero-order valence-electron chi connectivity index (χ0n) is 24.7. The molecule has 0 spiro atoms. The van der Waals surface area contributed by atoms with E-state index < -0.39 is 4.92 Å². The van der Waals surface area contributed by atoms with E-state index in [-0.39, 0.29) is 18.9 Å². The van der Waals surface area contributed by atoms with Crippen molar-refractivity contribution in [3.63, 3.8) is 0 Å². The first-order chi connectivity index (χ1) is 20.9.